The summed E-state index contributed by atoms with van der Waals surface area (Å²) in [6, 6.07) is 0. The molecule has 2 heteroatoms. The maximum absolute atomic E-state index is 5.33. The van der Waals surface area contributed by atoms with Gasteiger partial charge in [0.05, 0.1) is 4.99 Å². The molecule has 0 fully saturated rings. The van der Waals surface area contributed by atoms with Gasteiger partial charge >= 0.3 is 0 Å². The Balaban J connectivity index is 0. The summed E-state index contributed by atoms with van der Waals surface area (Å²) in [6.45, 7) is 17.6. The molecule has 0 rings (SSSR count). The summed E-state index contributed by atoms with van der Waals surface area (Å²) >= 11 is 5.33. The topological polar surface area (TPSA) is 3.24 Å². The van der Waals surface area contributed by atoms with Gasteiger partial charge in [0.15, 0.2) is 0 Å². The highest BCUT2D eigenvalue weighted by molar-refractivity contribution is 7.80. The number of thiocarbonyl (C=S) groups is 1. The third-order valence-electron chi connectivity index (χ3n) is 1.80. The number of hydrogen-bond acceptors (Lipinski definition) is 1. The largest absolute Gasteiger partial charge is 0.366 e. The van der Waals surface area contributed by atoms with Crippen molar-refractivity contribution in [1.29, 1.82) is 0 Å². The van der Waals surface area contributed by atoms with Gasteiger partial charge in [-0.25, -0.2) is 0 Å². The molecular weight excluding hydrogens is 226 g/mol. The van der Waals surface area contributed by atoms with Gasteiger partial charge < -0.3 is 4.90 Å². The summed E-state index contributed by atoms with van der Waals surface area (Å²) in [5.41, 5.74) is 0.500. The summed E-state index contributed by atoms with van der Waals surface area (Å²) in [5.74, 6) is 0. The lowest BCUT2D eigenvalue weighted by Crippen LogP contribution is -2.30. The number of rotatable bonds is 6. The van der Waals surface area contributed by atoms with Gasteiger partial charge in [-0.3, -0.25) is 0 Å². The molecule has 0 aliphatic carbocycles. The van der Waals surface area contributed by atoms with Crippen molar-refractivity contribution in [2.24, 2.45) is 5.41 Å². The van der Waals surface area contributed by atoms with Crippen molar-refractivity contribution < 1.29 is 0 Å². The van der Waals surface area contributed by atoms with Gasteiger partial charge in [-0.2, -0.15) is 0 Å². The first-order valence-electron chi connectivity index (χ1n) is 7.04. The Hall–Kier alpha value is -0.110. The van der Waals surface area contributed by atoms with Crippen LogP contribution >= 0.6 is 12.2 Å². The van der Waals surface area contributed by atoms with Crippen LogP contribution in [0.3, 0.4) is 0 Å². The van der Waals surface area contributed by atoms with Gasteiger partial charge in [0.2, 0.25) is 0 Å². The molecule has 0 amide bonds. The van der Waals surface area contributed by atoms with E-state index >= 15 is 0 Å². The van der Waals surface area contributed by atoms with Crippen LogP contribution in [0.15, 0.2) is 0 Å². The molecule has 1 nitrogen and oxygen atoms in total. The second kappa shape index (κ2) is 11.0. The third kappa shape index (κ3) is 18.5. The van der Waals surface area contributed by atoms with Crippen LogP contribution in [0.25, 0.3) is 0 Å². The van der Waals surface area contributed by atoms with Crippen molar-refractivity contribution in [2.75, 3.05) is 13.1 Å². The van der Waals surface area contributed by atoms with Gasteiger partial charge in [0.1, 0.15) is 0 Å². The van der Waals surface area contributed by atoms with E-state index in [-0.39, 0.29) is 0 Å². The standard InChI is InChI=1S/C10H21NS.C5H12/c1-4-7-10(12)11(8-5-2)9-6-3;1-5(2,3)4/h4-9H2,1-3H3;1-4H3. The van der Waals surface area contributed by atoms with E-state index in [1.807, 2.05) is 0 Å². The van der Waals surface area contributed by atoms with Gasteiger partial charge in [0.25, 0.3) is 0 Å². The minimum atomic E-state index is 0.500. The molecular formula is C15H33NS. The highest BCUT2D eigenvalue weighted by Gasteiger charge is 2.05. The van der Waals surface area contributed by atoms with Gasteiger partial charge in [0, 0.05) is 13.1 Å². The highest BCUT2D eigenvalue weighted by atomic mass is 32.1. The Bertz CT molecular complexity index is 170. The molecule has 0 atom stereocenters. The van der Waals surface area contributed by atoms with E-state index in [2.05, 4.69) is 53.4 Å². The van der Waals surface area contributed by atoms with Crippen molar-refractivity contribution in [2.45, 2.75) is 74.1 Å². The van der Waals surface area contributed by atoms with Gasteiger partial charge in [-0.05, 0) is 31.1 Å². The summed E-state index contributed by atoms with van der Waals surface area (Å²) in [7, 11) is 0. The Morgan fingerprint density at radius 1 is 0.882 bits per heavy atom. The molecule has 17 heavy (non-hydrogen) atoms. The Labute approximate surface area is 115 Å². The van der Waals surface area contributed by atoms with E-state index in [0.29, 0.717) is 5.41 Å². The van der Waals surface area contributed by atoms with E-state index < -0.39 is 0 Å². The first-order valence-corrected chi connectivity index (χ1v) is 7.44. The lowest BCUT2D eigenvalue weighted by atomic mass is 10.0. The second-order valence-corrected chi connectivity index (χ2v) is 6.60. The highest BCUT2D eigenvalue weighted by Crippen LogP contribution is 2.08. The fourth-order valence-corrected chi connectivity index (χ4v) is 1.66. The van der Waals surface area contributed by atoms with Crippen LogP contribution in [0.4, 0.5) is 0 Å². The molecule has 104 valence electrons. The van der Waals surface area contributed by atoms with E-state index in [9.17, 15) is 0 Å². The van der Waals surface area contributed by atoms with Gasteiger partial charge in [-0.1, -0.05) is 60.7 Å². The first-order chi connectivity index (χ1) is 7.76. The van der Waals surface area contributed by atoms with E-state index in [1.165, 1.54) is 19.3 Å². The fraction of sp³-hybridized carbons (Fsp3) is 0.933. The molecule has 0 N–H and O–H groups in total. The normalized spacial score (nSPS) is 10.5. The second-order valence-electron chi connectivity index (χ2n) is 6.13. The SMILES string of the molecule is CC(C)(C)C.CCCC(=S)N(CCC)CCC. The van der Waals surface area contributed by atoms with E-state index in [0.717, 1.165) is 24.5 Å². The average molecular weight is 260 g/mol. The Morgan fingerprint density at radius 2 is 1.24 bits per heavy atom. The number of hydrogen-bond donors (Lipinski definition) is 0. The van der Waals surface area contributed by atoms with E-state index in [1.54, 1.807) is 0 Å². The quantitative estimate of drug-likeness (QED) is 0.596. The first kappa shape index (κ1) is 19.2. The van der Waals surface area contributed by atoms with Crippen LogP contribution < -0.4 is 0 Å². The maximum atomic E-state index is 5.33. The Morgan fingerprint density at radius 3 is 1.47 bits per heavy atom. The van der Waals surface area contributed by atoms with Gasteiger partial charge in [-0.15, -0.1) is 0 Å². The van der Waals surface area contributed by atoms with Crippen molar-refractivity contribution in [3.63, 3.8) is 0 Å². The van der Waals surface area contributed by atoms with Crippen LogP contribution in [0.1, 0.15) is 74.1 Å². The lowest BCUT2D eigenvalue weighted by molar-refractivity contribution is 0.415. The molecule has 0 unspecified atom stereocenters. The average Bonchev–Trinajstić information content (AvgIpc) is 2.15. The summed E-state index contributed by atoms with van der Waals surface area (Å²) in [4.78, 5) is 3.50. The lowest BCUT2D eigenvalue weighted by Gasteiger charge is -2.23. The van der Waals surface area contributed by atoms with Crippen molar-refractivity contribution in [3.8, 4) is 0 Å². The van der Waals surface area contributed by atoms with Crippen molar-refractivity contribution in [3.05, 3.63) is 0 Å². The Kier molecular flexibility index (Phi) is 12.5. The summed E-state index contributed by atoms with van der Waals surface area (Å²) < 4.78 is 0. The van der Waals surface area contributed by atoms with Crippen LogP contribution in [-0.2, 0) is 0 Å². The minimum absolute atomic E-state index is 0.500. The monoisotopic (exact) mass is 259 g/mol. The van der Waals surface area contributed by atoms with Crippen molar-refractivity contribution in [1.82, 2.24) is 4.90 Å². The molecule has 0 aromatic rings. The van der Waals surface area contributed by atoms with Crippen LogP contribution in [0.5, 0.6) is 0 Å². The minimum Gasteiger partial charge on any atom is -0.366 e. The smallest absolute Gasteiger partial charge is 0.0779 e. The molecule has 0 spiro atoms. The molecule has 0 saturated carbocycles. The molecule has 0 saturated heterocycles. The zero-order valence-electron chi connectivity index (χ0n) is 13.1. The molecule has 0 aliphatic rings. The zero-order valence-corrected chi connectivity index (χ0v) is 13.9. The third-order valence-corrected chi connectivity index (χ3v) is 2.27. The molecule has 0 aliphatic heterocycles. The maximum Gasteiger partial charge on any atom is 0.0779 e. The van der Waals surface area contributed by atoms with Crippen LogP contribution in [0, 0.1) is 5.41 Å². The predicted molar refractivity (Wildman–Crippen MR) is 84.8 cm³/mol. The van der Waals surface area contributed by atoms with Crippen LogP contribution in [-0.4, -0.2) is 23.0 Å². The zero-order chi connectivity index (χ0) is 13.9. The predicted octanol–water partition coefficient (Wildman–Crippen LogP) is 5.29. The fourth-order valence-electron chi connectivity index (χ4n) is 1.27. The molecule has 0 aromatic heterocycles. The summed E-state index contributed by atoms with van der Waals surface area (Å²) in [5, 5.41) is 0. The van der Waals surface area contributed by atoms with E-state index in [4.69, 9.17) is 12.2 Å². The summed E-state index contributed by atoms with van der Waals surface area (Å²) in [6.07, 6.45) is 4.64. The van der Waals surface area contributed by atoms with Crippen LogP contribution in [0.2, 0.25) is 0 Å². The molecule has 0 radical (unpaired) electrons. The molecule has 0 bridgehead atoms. The van der Waals surface area contributed by atoms with Crippen molar-refractivity contribution >= 4 is 17.2 Å². The number of nitrogens with zero attached hydrogens (tertiary/aromatic N) is 1. The molecule has 0 aromatic carbocycles. The molecule has 0 heterocycles.